The number of nitrogens with one attached hydrogen (secondary N) is 2. The maximum absolute atomic E-state index is 13.3. The molecule has 1 saturated heterocycles. The normalized spacial score (nSPS) is 14.6. The zero-order valence-corrected chi connectivity index (χ0v) is 21.3. The third-order valence-corrected chi connectivity index (χ3v) is 6.29. The molecule has 0 bridgehead atoms. The summed E-state index contributed by atoms with van der Waals surface area (Å²) in [5.41, 5.74) is 3.65. The number of ether oxygens (including phenoxy) is 1. The van der Waals surface area contributed by atoms with Crippen molar-refractivity contribution in [3.8, 4) is 16.9 Å². The Kier molecular flexibility index (Phi) is 8.54. The first-order valence-corrected chi connectivity index (χ1v) is 12.7. The lowest BCUT2D eigenvalue weighted by molar-refractivity contribution is 0.0908. The highest BCUT2D eigenvalue weighted by molar-refractivity contribution is 5.94. The fraction of sp³-hybridized carbons (Fsp3) is 0.379. The number of aromatic nitrogens is 1. The van der Waals surface area contributed by atoms with Crippen LogP contribution in [0.25, 0.3) is 11.1 Å². The number of hydrogen-bond donors (Lipinski definition) is 2. The van der Waals surface area contributed by atoms with Crippen LogP contribution in [0, 0.1) is 5.82 Å². The lowest BCUT2D eigenvalue weighted by atomic mass is 10.0. The number of hydrogen-bond acceptors (Lipinski definition) is 5. The number of likely N-dealkylation sites (tertiary alicyclic amines) is 1. The molecule has 0 aliphatic carbocycles. The second-order valence-electron chi connectivity index (χ2n) is 9.53. The molecule has 2 aromatic carbocycles. The van der Waals surface area contributed by atoms with Crippen molar-refractivity contribution >= 4 is 11.7 Å². The quantitative estimate of drug-likeness (QED) is 0.415. The van der Waals surface area contributed by atoms with Crippen LogP contribution in [-0.2, 0) is 6.54 Å². The molecule has 1 aliphatic heterocycles. The number of nitrogens with zero attached hydrogens (tertiary/aromatic N) is 2. The number of rotatable bonds is 9. The molecule has 0 saturated carbocycles. The molecule has 1 aliphatic rings. The molecule has 1 amide bonds. The van der Waals surface area contributed by atoms with E-state index in [0.717, 1.165) is 55.2 Å². The summed E-state index contributed by atoms with van der Waals surface area (Å²) < 4.78 is 19.3. The Labute approximate surface area is 212 Å². The fourth-order valence-electron chi connectivity index (χ4n) is 4.48. The van der Waals surface area contributed by atoms with Gasteiger partial charge in [-0.25, -0.2) is 9.37 Å². The van der Waals surface area contributed by atoms with Crippen LogP contribution in [0.15, 0.2) is 60.8 Å². The second kappa shape index (κ2) is 12.0. The second-order valence-corrected chi connectivity index (χ2v) is 9.53. The van der Waals surface area contributed by atoms with E-state index in [1.807, 2.05) is 19.1 Å². The number of piperidine rings is 1. The van der Waals surface area contributed by atoms with Crippen LogP contribution in [0.2, 0.25) is 0 Å². The number of benzene rings is 2. The van der Waals surface area contributed by atoms with Crippen molar-refractivity contribution in [2.24, 2.45) is 0 Å². The standard InChI is InChI=1S/C29H35FN4O2/c1-4-36-27-17-21(5-11-26(27)22-6-9-24(30)10-7-22)19-34-15-13-25(14-16-34)33-29(35)23-8-12-28(31-18-23)32-20(2)3/h5-12,17-18,20,25H,4,13-16,19H2,1-3H3,(H,31,32)(H,33,35). The van der Waals surface area contributed by atoms with Gasteiger partial charge in [-0.05, 0) is 75.1 Å². The van der Waals surface area contributed by atoms with E-state index in [-0.39, 0.29) is 17.8 Å². The lowest BCUT2D eigenvalue weighted by Crippen LogP contribution is -2.44. The molecular weight excluding hydrogens is 455 g/mol. The van der Waals surface area contributed by atoms with E-state index in [1.54, 1.807) is 18.3 Å². The minimum atomic E-state index is -0.249. The average Bonchev–Trinajstić information content (AvgIpc) is 2.86. The summed E-state index contributed by atoms with van der Waals surface area (Å²) in [6.07, 6.45) is 3.43. The molecule has 190 valence electrons. The Morgan fingerprint density at radius 3 is 2.50 bits per heavy atom. The van der Waals surface area contributed by atoms with Crippen molar-refractivity contribution in [1.82, 2.24) is 15.2 Å². The monoisotopic (exact) mass is 490 g/mol. The van der Waals surface area contributed by atoms with Crippen LogP contribution < -0.4 is 15.4 Å². The minimum Gasteiger partial charge on any atom is -0.493 e. The Balaban J connectivity index is 1.31. The van der Waals surface area contributed by atoms with Gasteiger partial charge in [0, 0.05) is 43.5 Å². The first kappa shape index (κ1) is 25.6. The van der Waals surface area contributed by atoms with Crippen molar-refractivity contribution < 1.29 is 13.9 Å². The van der Waals surface area contributed by atoms with Gasteiger partial charge in [0.1, 0.15) is 17.4 Å². The highest BCUT2D eigenvalue weighted by Gasteiger charge is 2.22. The largest absolute Gasteiger partial charge is 0.493 e. The number of anilines is 1. The van der Waals surface area contributed by atoms with Crippen molar-refractivity contribution in [2.75, 3.05) is 25.0 Å². The van der Waals surface area contributed by atoms with Gasteiger partial charge in [-0.1, -0.05) is 24.3 Å². The molecule has 1 fully saturated rings. The molecular formula is C29H35FN4O2. The van der Waals surface area contributed by atoms with Gasteiger partial charge >= 0.3 is 0 Å². The molecule has 6 nitrogen and oxygen atoms in total. The van der Waals surface area contributed by atoms with E-state index >= 15 is 0 Å². The third-order valence-electron chi connectivity index (χ3n) is 6.29. The molecule has 0 spiro atoms. The third kappa shape index (κ3) is 6.82. The maximum Gasteiger partial charge on any atom is 0.253 e. The number of pyridine rings is 1. The zero-order chi connectivity index (χ0) is 25.5. The van der Waals surface area contributed by atoms with Crippen LogP contribution in [0.1, 0.15) is 49.5 Å². The van der Waals surface area contributed by atoms with Gasteiger partial charge in [0.15, 0.2) is 0 Å². The van der Waals surface area contributed by atoms with Gasteiger partial charge in [-0.3, -0.25) is 9.69 Å². The molecule has 3 aromatic rings. The van der Waals surface area contributed by atoms with Crippen molar-refractivity contribution in [3.05, 3.63) is 77.7 Å². The van der Waals surface area contributed by atoms with Crippen molar-refractivity contribution in [3.63, 3.8) is 0 Å². The fourth-order valence-corrected chi connectivity index (χ4v) is 4.48. The van der Waals surface area contributed by atoms with Gasteiger partial charge in [0.05, 0.1) is 12.2 Å². The van der Waals surface area contributed by atoms with Gasteiger partial charge in [0.2, 0.25) is 0 Å². The summed E-state index contributed by atoms with van der Waals surface area (Å²) in [4.78, 5) is 19.4. The summed E-state index contributed by atoms with van der Waals surface area (Å²) >= 11 is 0. The number of halogens is 1. The molecule has 0 radical (unpaired) electrons. The molecule has 0 atom stereocenters. The summed E-state index contributed by atoms with van der Waals surface area (Å²) in [6.45, 7) is 9.26. The first-order chi connectivity index (χ1) is 17.4. The Hall–Kier alpha value is -3.45. The SMILES string of the molecule is CCOc1cc(CN2CCC(NC(=O)c3ccc(NC(C)C)nc3)CC2)ccc1-c1ccc(F)cc1. The molecule has 1 aromatic heterocycles. The predicted octanol–water partition coefficient (Wildman–Crippen LogP) is 5.50. The van der Waals surface area contributed by atoms with E-state index in [4.69, 9.17) is 4.74 Å². The molecule has 36 heavy (non-hydrogen) atoms. The Morgan fingerprint density at radius 1 is 1.11 bits per heavy atom. The van der Waals surface area contributed by atoms with E-state index in [1.165, 1.54) is 17.7 Å². The summed E-state index contributed by atoms with van der Waals surface area (Å²) in [5.74, 6) is 1.26. The van der Waals surface area contributed by atoms with E-state index < -0.39 is 0 Å². The van der Waals surface area contributed by atoms with Gasteiger partial charge in [0.25, 0.3) is 5.91 Å². The highest BCUT2D eigenvalue weighted by Crippen LogP contribution is 2.32. The highest BCUT2D eigenvalue weighted by atomic mass is 19.1. The molecule has 2 N–H and O–H groups in total. The molecule has 4 rings (SSSR count). The van der Waals surface area contributed by atoms with Crippen molar-refractivity contribution in [1.29, 1.82) is 0 Å². The zero-order valence-electron chi connectivity index (χ0n) is 21.3. The van der Waals surface area contributed by atoms with Gasteiger partial charge in [-0.15, -0.1) is 0 Å². The smallest absolute Gasteiger partial charge is 0.253 e. The molecule has 2 heterocycles. The van der Waals surface area contributed by atoms with E-state index in [2.05, 4.69) is 52.6 Å². The minimum absolute atomic E-state index is 0.0743. The summed E-state index contributed by atoms with van der Waals surface area (Å²) in [6, 6.07) is 16.8. The number of amides is 1. The van der Waals surface area contributed by atoms with Crippen molar-refractivity contribution in [2.45, 2.75) is 52.2 Å². The van der Waals surface area contributed by atoms with E-state index in [0.29, 0.717) is 18.2 Å². The average molecular weight is 491 g/mol. The number of carbonyl (C=O) groups is 1. The molecule has 0 unspecified atom stereocenters. The van der Waals surface area contributed by atoms with Crippen LogP contribution in [0.4, 0.5) is 10.2 Å². The van der Waals surface area contributed by atoms with Gasteiger partial charge < -0.3 is 15.4 Å². The number of carbonyl (C=O) groups excluding carboxylic acids is 1. The van der Waals surface area contributed by atoms with Crippen LogP contribution in [0.5, 0.6) is 5.75 Å². The summed E-state index contributed by atoms with van der Waals surface area (Å²) in [7, 11) is 0. The Morgan fingerprint density at radius 2 is 1.86 bits per heavy atom. The van der Waals surface area contributed by atoms with Crippen LogP contribution in [0.3, 0.4) is 0 Å². The van der Waals surface area contributed by atoms with E-state index in [9.17, 15) is 9.18 Å². The molecule has 7 heteroatoms. The first-order valence-electron chi connectivity index (χ1n) is 12.7. The lowest BCUT2D eigenvalue weighted by Gasteiger charge is -2.32. The van der Waals surface area contributed by atoms with Gasteiger partial charge in [-0.2, -0.15) is 0 Å². The summed E-state index contributed by atoms with van der Waals surface area (Å²) in [5, 5.41) is 6.39. The van der Waals surface area contributed by atoms with Crippen LogP contribution in [-0.4, -0.2) is 47.6 Å². The van der Waals surface area contributed by atoms with Crippen LogP contribution >= 0.6 is 0 Å². The maximum atomic E-state index is 13.3. The topological polar surface area (TPSA) is 66.5 Å². The predicted molar refractivity (Wildman–Crippen MR) is 142 cm³/mol. The Bertz CT molecular complexity index is 1140.